The van der Waals surface area contributed by atoms with Gasteiger partial charge in [-0.3, -0.25) is 14.5 Å². The monoisotopic (exact) mass is 565 g/mol. The van der Waals surface area contributed by atoms with E-state index < -0.39 is 25.6 Å². The molecule has 0 N–H and O–H groups in total. The molecule has 1 aromatic carbocycles. The molecule has 8 nitrogen and oxygen atoms in total. The molecule has 0 aliphatic carbocycles. The number of esters is 1. The van der Waals surface area contributed by atoms with Gasteiger partial charge in [0, 0.05) is 23.6 Å². The normalized spacial score (nSPS) is 12.8. The van der Waals surface area contributed by atoms with Gasteiger partial charge in [0.25, 0.3) is 0 Å². The van der Waals surface area contributed by atoms with Crippen molar-refractivity contribution < 1.29 is 33.0 Å². The summed E-state index contributed by atoms with van der Waals surface area (Å²) in [6, 6.07) is 3.37. The zero-order chi connectivity index (χ0) is 30.4. The van der Waals surface area contributed by atoms with Gasteiger partial charge >= 0.3 is 12.1 Å². The fraction of sp³-hybridized carbons (Fsp3) is 0.700. The Kier molecular flexibility index (Phi) is 11.8. The van der Waals surface area contributed by atoms with Crippen LogP contribution in [0.15, 0.2) is 12.1 Å². The third-order valence-corrected chi connectivity index (χ3v) is 10.8. The van der Waals surface area contributed by atoms with Gasteiger partial charge in [-0.1, -0.05) is 20.8 Å². The predicted molar refractivity (Wildman–Crippen MR) is 158 cm³/mol. The van der Waals surface area contributed by atoms with Crippen molar-refractivity contribution in [1.82, 2.24) is 0 Å². The molecule has 0 unspecified atom stereocenters. The van der Waals surface area contributed by atoms with Gasteiger partial charge in [-0.25, -0.2) is 4.79 Å². The summed E-state index contributed by atoms with van der Waals surface area (Å²) in [6.45, 7) is 25.9. The molecule has 39 heavy (non-hydrogen) atoms. The van der Waals surface area contributed by atoms with Gasteiger partial charge in [-0.15, -0.1) is 0 Å². The Morgan fingerprint density at radius 1 is 0.949 bits per heavy atom. The fourth-order valence-electron chi connectivity index (χ4n) is 3.41. The molecule has 1 rings (SSSR count). The average molecular weight is 566 g/mol. The maximum atomic E-state index is 13.3. The number of rotatable bonds is 11. The molecule has 0 fully saturated rings. The van der Waals surface area contributed by atoms with Gasteiger partial charge in [0.1, 0.15) is 17.0 Å². The number of hydrogen-bond acceptors (Lipinski definition) is 7. The van der Waals surface area contributed by atoms with Gasteiger partial charge in [0.05, 0.1) is 24.9 Å². The van der Waals surface area contributed by atoms with Crippen LogP contribution in [0.25, 0.3) is 0 Å². The van der Waals surface area contributed by atoms with E-state index in [1.165, 1.54) is 4.90 Å². The fourth-order valence-corrected chi connectivity index (χ4v) is 4.45. The number of nitrogens with zero attached hydrogens (tertiary/aromatic N) is 1. The predicted octanol–water partition coefficient (Wildman–Crippen LogP) is 7.32. The van der Waals surface area contributed by atoms with E-state index in [-0.39, 0.29) is 36.5 Å². The number of hydrogen-bond donors (Lipinski definition) is 0. The first-order valence-electron chi connectivity index (χ1n) is 13.7. The van der Waals surface area contributed by atoms with Crippen LogP contribution in [0.4, 0.5) is 10.5 Å². The molecule has 0 radical (unpaired) electrons. The zero-order valence-electron chi connectivity index (χ0n) is 26.4. The first-order chi connectivity index (χ1) is 17.6. The lowest BCUT2D eigenvalue weighted by Crippen LogP contribution is -2.44. The Bertz CT molecular complexity index is 998. The number of amides is 1. The van der Waals surface area contributed by atoms with Gasteiger partial charge in [0.2, 0.25) is 0 Å². The van der Waals surface area contributed by atoms with Crippen molar-refractivity contribution in [1.29, 1.82) is 0 Å². The Morgan fingerprint density at radius 2 is 1.51 bits per heavy atom. The number of anilines is 1. The third kappa shape index (κ3) is 11.7. The number of carbonyl (C=O) groups is 3. The van der Waals surface area contributed by atoms with E-state index >= 15 is 0 Å². The van der Waals surface area contributed by atoms with Crippen LogP contribution in [0, 0.1) is 0 Å². The molecule has 0 atom stereocenters. The van der Waals surface area contributed by atoms with Crippen LogP contribution >= 0.6 is 0 Å². The highest BCUT2D eigenvalue weighted by Crippen LogP contribution is 2.37. The molecule has 0 heterocycles. The van der Waals surface area contributed by atoms with Crippen molar-refractivity contribution in [2.24, 2.45) is 0 Å². The molecule has 0 spiro atoms. The molecule has 0 aromatic heterocycles. The summed E-state index contributed by atoms with van der Waals surface area (Å²) in [5.41, 5.74) is 0.0715. The molecule has 0 saturated heterocycles. The molecule has 0 saturated carbocycles. The molecular weight excluding hydrogens is 514 g/mol. The van der Waals surface area contributed by atoms with Crippen LogP contribution in [-0.2, 0) is 25.1 Å². The van der Waals surface area contributed by atoms with E-state index in [2.05, 4.69) is 33.9 Å². The standard InChI is InChI=1S/C30H51NO7Si/c1-21(2)36-25-19-23(18-22(20-32)24(25)14-15-26(33)37-28(3,4)5)31(27(34)38-29(6,7)8)16-17-35-39(12,13)30(9,10)11/h18-21H,14-17H2,1-13H3. The quantitative estimate of drug-likeness (QED) is 0.158. The molecule has 0 bridgehead atoms. The van der Waals surface area contributed by atoms with E-state index in [0.29, 0.717) is 29.2 Å². The smallest absolute Gasteiger partial charge is 0.414 e. The van der Waals surface area contributed by atoms with Crippen molar-refractivity contribution in [2.45, 2.75) is 124 Å². The van der Waals surface area contributed by atoms with Crippen molar-refractivity contribution in [3.05, 3.63) is 23.3 Å². The average Bonchev–Trinajstić information content (AvgIpc) is 2.71. The second-order valence-corrected chi connectivity index (χ2v) is 18.4. The zero-order valence-corrected chi connectivity index (χ0v) is 27.4. The van der Waals surface area contributed by atoms with Crippen LogP contribution in [0.3, 0.4) is 0 Å². The molecule has 1 amide bonds. The number of carbonyl (C=O) groups excluding carboxylic acids is 3. The summed E-state index contributed by atoms with van der Waals surface area (Å²) in [7, 11) is -2.06. The highest BCUT2D eigenvalue weighted by Gasteiger charge is 2.37. The number of ether oxygens (including phenoxy) is 3. The highest BCUT2D eigenvalue weighted by atomic mass is 28.4. The van der Waals surface area contributed by atoms with Gasteiger partial charge < -0.3 is 18.6 Å². The number of benzene rings is 1. The molecule has 222 valence electrons. The number of aldehydes is 1. The lowest BCUT2D eigenvalue weighted by molar-refractivity contribution is -0.154. The maximum Gasteiger partial charge on any atom is 0.414 e. The van der Waals surface area contributed by atoms with Gasteiger partial charge in [0.15, 0.2) is 14.6 Å². The van der Waals surface area contributed by atoms with Crippen molar-refractivity contribution in [3.63, 3.8) is 0 Å². The SMILES string of the molecule is CC(C)Oc1cc(N(CCO[Si](C)(C)C(C)(C)C)C(=O)OC(C)(C)C)cc(C=O)c1CCC(=O)OC(C)(C)C. The summed E-state index contributed by atoms with van der Waals surface area (Å²) in [4.78, 5) is 39.5. The molecular formula is C30H51NO7Si. The second-order valence-electron chi connectivity index (χ2n) is 13.6. The van der Waals surface area contributed by atoms with Gasteiger partial charge in [-0.2, -0.15) is 0 Å². The minimum atomic E-state index is -2.06. The largest absolute Gasteiger partial charge is 0.491 e. The lowest BCUT2D eigenvalue weighted by atomic mass is 10.0. The van der Waals surface area contributed by atoms with Crippen molar-refractivity contribution >= 4 is 32.4 Å². The molecule has 0 aliphatic heterocycles. The molecule has 1 aromatic rings. The minimum absolute atomic E-state index is 0.0164. The maximum absolute atomic E-state index is 13.3. The highest BCUT2D eigenvalue weighted by molar-refractivity contribution is 6.74. The van der Waals surface area contributed by atoms with Crippen LogP contribution < -0.4 is 9.64 Å². The van der Waals surface area contributed by atoms with E-state index in [4.69, 9.17) is 18.6 Å². The van der Waals surface area contributed by atoms with Crippen LogP contribution in [0.1, 0.15) is 98.5 Å². The molecule has 0 aliphatic rings. The summed E-state index contributed by atoms with van der Waals surface area (Å²) < 4.78 is 23.6. The van der Waals surface area contributed by atoms with E-state index in [1.54, 1.807) is 32.9 Å². The summed E-state index contributed by atoms with van der Waals surface area (Å²) in [5, 5.41) is 0.0164. The Balaban J connectivity index is 3.47. The third-order valence-electron chi connectivity index (χ3n) is 6.23. The van der Waals surface area contributed by atoms with Crippen LogP contribution in [0.2, 0.25) is 18.1 Å². The first kappa shape index (κ1) is 34.6. The van der Waals surface area contributed by atoms with E-state index in [1.807, 2.05) is 34.6 Å². The topological polar surface area (TPSA) is 91.4 Å². The Labute approximate surface area is 236 Å². The Hall–Kier alpha value is -2.39. The molecule has 9 heteroatoms. The minimum Gasteiger partial charge on any atom is -0.491 e. The van der Waals surface area contributed by atoms with Crippen molar-refractivity contribution in [3.8, 4) is 5.75 Å². The summed E-state index contributed by atoms with van der Waals surface area (Å²) in [6.07, 6.45) is 0.321. The van der Waals surface area contributed by atoms with Crippen LogP contribution in [0.5, 0.6) is 5.75 Å². The van der Waals surface area contributed by atoms with Crippen LogP contribution in [-0.4, -0.2) is 57.1 Å². The summed E-state index contributed by atoms with van der Waals surface area (Å²) in [5.74, 6) is 0.0733. The first-order valence-corrected chi connectivity index (χ1v) is 16.6. The van der Waals surface area contributed by atoms with Gasteiger partial charge in [-0.05, 0) is 86.0 Å². The summed E-state index contributed by atoms with van der Waals surface area (Å²) >= 11 is 0. The lowest BCUT2D eigenvalue weighted by Gasteiger charge is -2.37. The Morgan fingerprint density at radius 3 is 1.97 bits per heavy atom. The van der Waals surface area contributed by atoms with Crippen molar-refractivity contribution in [2.75, 3.05) is 18.1 Å². The van der Waals surface area contributed by atoms with E-state index in [9.17, 15) is 14.4 Å². The second kappa shape index (κ2) is 13.3. The van der Waals surface area contributed by atoms with E-state index in [0.717, 1.165) is 6.29 Å².